The molecule has 1 saturated carbocycles. The zero-order valence-electron chi connectivity index (χ0n) is 12.3. The lowest BCUT2D eigenvalue weighted by atomic mass is 9.79. The van der Waals surface area contributed by atoms with Crippen LogP contribution < -0.4 is 0 Å². The Labute approximate surface area is 115 Å². The van der Waals surface area contributed by atoms with E-state index in [0.717, 1.165) is 39.0 Å². The Balaban J connectivity index is 1.72. The van der Waals surface area contributed by atoms with E-state index in [9.17, 15) is 4.79 Å². The predicted octanol–water partition coefficient (Wildman–Crippen LogP) is 1.31. The second-order valence-electron chi connectivity index (χ2n) is 6.68. The number of hydrogen-bond donors (Lipinski definition) is 1. The zero-order chi connectivity index (χ0) is 14.0. The summed E-state index contributed by atoms with van der Waals surface area (Å²) in [5, 5.41) is 9.04. The molecule has 19 heavy (non-hydrogen) atoms. The summed E-state index contributed by atoms with van der Waals surface area (Å²) in [7, 11) is 0. The van der Waals surface area contributed by atoms with Crippen LogP contribution in [0.4, 0.5) is 4.79 Å². The number of hydrogen-bond acceptors (Lipinski definition) is 4. The fourth-order valence-electron chi connectivity index (χ4n) is 2.74. The average molecular weight is 270 g/mol. The van der Waals surface area contributed by atoms with Crippen LogP contribution in [0.15, 0.2) is 0 Å². The first kappa shape index (κ1) is 14.6. The lowest BCUT2D eigenvalue weighted by Crippen LogP contribution is -2.56. The molecule has 1 aliphatic carbocycles. The van der Waals surface area contributed by atoms with Crippen molar-refractivity contribution in [3.05, 3.63) is 0 Å². The first-order valence-corrected chi connectivity index (χ1v) is 7.22. The average Bonchev–Trinajstić information content (AvgIpc) is 2.26. The van der Waals surface area contributed by atoms with Crippen LogP contribution >= 0.6 is 0 Å². The fourth-order valence-corrected chi connectivity index (χ4v) is 2.74. The molecular weight excluding hydrogens is 244 g/mol. The topological polar surface area (TPSA) is 53.0 Å². The molecule has 0 aromatic carbocycles. The van der Waals surface area contributed by atoms with Crippen molar-refractivity contribution in [2.45, 2.75) is 45.3 Å². The Morgan fingerprint density at radius 3 is 2.26 bits per heavy atom. The van der Waals surface area contributed by atoms with E-state index in [1.807, 2.05) is 20.8 Å². The van der Waals surface area contributed by atoms with Gasteiger partial charge < -0.3 is 14.7 Å². The van der Waals surface area contributed by atoms with Crippen molar-refractivity contribution in [1.29, 1.82) is 0 Å². The Morgan fingerprint density at radius 1 is 1.21 bits per heavy atom. The van der Waals surface area contributed by atoms with E-state index in [-0.39, 0.29) is 6.09 Å². The maximum Gasteiger partial charge on any atom is 0.410 e. The number of aliphatic hydroxyl groups is 1. The third kappa shape index (κ3) is 3.83. The molecule has 2 fully saturated rings. The Hall–Kier alpha value is -0.810. The van der Waals surface area contributed by atoms with E-state index in [1.165, 1.54) is 0 Å². The van der Waals surface area contributed by atoms with Crippen molar-refractivity contribution >= 4 is 6.09 Å². The third-order valence-corrected chi connectivity index (χ3v) is 3.95. The fraction of sp³-hybridized carbons (Fsp3) is 0.929. The van der Waals surface area contributed by atoms with Crippen molar-refractivity contribution < 1.29 is 14.6 Å². The Morgan fingerprint density at radius 2 is 1.79 bits per heavy atom. The van der Waals surface area contributed by atoms with Gasteiger partial charge in [0.05, 0.1) is 0 Å². The molecule has 2 aliphatic rings. The van der Waals surface area contributed by atoms with E-state index >= 15 is 0 Å². The van der Waals surface area contributed by atoms with Gasteiger partial charge in [-0.1, -0.05) is 0 Å². The summed E-state index contributed by atoms with van der Waals surface area (Å²) in [4.78, 5) is 16.2. The quantitative estimate of drug-likeness (QED) is 0.822. The van der Waals surface area contributed by atoms with Crippen molar-refractivity contribution in [3.8, 4) is 0 Å². The smallest absolute Gasteiger partial charge is 0.410 e. The van der Waals surface area contributed by atoms with Crippen LogP contribution in [0.25, 0.3) is 0 Å². The number of carbonyl (C=O) groups excluding carboxylic acids is 1. The molecule has 0 bridgehead atoms. The molecular formula is C14H26N2O3. The highest BCUT2D eigenvalue weighted by molar-refractivity contribution is 5.68. The van der Waals surface area contributed by atoms with Gasteiger partial charge in [0.15, 0.2) is 0 Å². The molecule has 0 aromatic heterocycles. The van der Waals surface area contributed by atoms with E-state index in [4.69, 9.17) is 9.84 Å². The van der Waals surface area contributed by atoms with E-state index in [1.54, 1.807) is 4.90 Å². The molecule has 0 radical (unpaired) electrons. The molecule has 2 rings (SSSR count). The minimum atomic E-state index is -0.420. The molecule has 5 nitrogen and oxygen atoms in total. The maximum atomic E-state index is 11.9. The van der Waals surface area contributed by atoms with Crippen LogP contribution in [0.1, 0.15) is 33.6 Å². The predicted molar refractivity (Wildman–Crippen MR) is 73.0 cm³/mol. The summed E-state index contributed by atoms with van der Waals surface area (Å²) in [6.07, 6.45) is 2.00. The van der Waals surface area contributed by atoms with Crippen LogP contribution in [-0.2, 0) is 4.74 Å². The molecule has 1 heterocycles. The monoisotopic (exact) mass is 270 g/mol. The van der Waals surface area contributed by atoms with E-state index < -0.39 is 5.60 Å². The molecule has 0 aromatic rings. The van der Waals surface area contributed by atoms with Gasteiger partial charge in [-0.05, 0) is 39.5 Å². The van der Waals surface area contributed by atoms with Gasteiger partial charge in [-0.15, -0.1) is 0 Å². The molecule has 0 spiro atoms. The van der Waals surface area contributed by atoms with Gasteiger partial charge in [-0.25, -0.2) is 4.79 Å². The molecule has 110 valence electrons. The first-order chi connectivity index (χ1) is 8.89. The van der Waals surface area contributed by atoms with Gasteiger partial charge in [0, 0.05) is 38.8 Å². The second kappa shape index (κ2) is 5.67. The Bertz CT molecular complexity index is 313. The maximum absolute atomic E-state index is 11.9. The van der Waals surface area contributed by atoms with Crippen molar-refractivity contribution in [2.75, 3.05) is 32.8 Å². The second-order valence-corrected chi connectivity index (χ2v) is 6.68. The molecule has 1 N–H and O–H groups in total. The minimum Gasteiger partial charge on any atom is -0.444 e. The summed E-state index contributed by atoms with van der Waals surface area (Å²) >= 11 is 0. The molecule has 1 aliphatic heterocycles. The number of piperazine rings is 1. The zero-order valence-corrected chi connectivity index (χ0v) is 12.3. The molecule has 1 amide bonds. The Kier molecular flexibility index (Phi) is 4.36. The molecule has 0 atom stereocenters. The van der Waals surface area contributed by atoms with Crippen molar-refractivity contribution in [3.63, 3.8) is 0 Å². The summed E-state index contributed by atoms with van der Waals surface area (Å²) in [5.74, 6) is 0.494. The largest absolute Gasteiger partial charge is 0.444 e. The summed E-state index contributed by atoms with van der Waals surface area (Å²) in [6.45, 7) is 9.32. The van der Waals surface area contributed by atoms with Crippen LogP contribution in [0.5, 0.6) is 0 Å². The minimum absolute atomic E-state index is 0.200. The van der Waals surface area contributed by atoms with Crippen LogP contribution in [0.3, 0.4) is 0 Å². The SMILES string of the molecule is CC(C)(C)OC(=O)N1CCN(C2CC(CO)C2)CC1. The number of carbonyl (C=O) groups is 1. The molecule has 1 saturated heterocycles. The number of nitrogens with zero attached hydrogens (tertiary/aromatic N) is 2. The lowest BCUT2D eigenvalue weighted by molar-refractivity contribution is -0.00758. The third-order valence-electron chi connectivity index (χ3n) is 3.95. The molecule has 5 heteroatoms. The highest BCUT2D eigenvalue weighted by atomic mass is 16.6. The van der Waals surface area contributed by atoms with Crippen molar-refractivity contribution in [2.24, 2.45) is 5.92 Å². The lowest BCUT2D eigenvalue weighted by Gasteiger charge is -2.46. The van der Waals surface area contributed by atoms with Gasteiger partial charge in [0.2, 0.25) is 0 Å². The number of rotatable bonds is 2. The van der Waals surface area contributed by atoms with Gasteiger partial charge >= 0.3 is 6.09 Å². The standard InChI is InChI=1S/C14H26N2O3/c1-14(2,3)19-13(18)16-6-4-15(5-7-16)12-8-11(9-12)10-17/h11-12,17H,4-10H2,1-3H3. The summed E-state index contributed by atoms with van der Waals surface area (Å²) in [5.41, 5.74) is -0.420. The van der Waals surface area contributed by atoms with Crippen LogP contribution in [-0.4, -0.2) is 65.4 Å². The summed E-state index contributed by atoms with van der Waals surface area (Å²) in [6, 6.07) is 0.609. The highest BCUT2D eigenvalue weighted by Crippen LogP contribution is 2.31. The van der Waals surface area contributed by atoms with Gasteiger partial charge in [0.1, 0.15) is 5.60 Å². The van der Waals surface area contributed by atoms with E-state index in [2.05, 4.69) is 4.90 Å². The van der Waals surface area contributed by atoms with Crippen LogP contribution in [0, 0.1) is 5.92 Å². The molecule has 0 unspecified atom stereocenters. The van der Waals surface area contributed by atoms with Crippen molar-refractivity contribution in [1.82, 2.24) is 9.80 Å². The first-order valence-electron chi connectivity index (χ1n) is 7.22. The van der Waals surface area contributed by atoms with E-state index in [0.29, 0.717) is 18.6 Å². The number of amides is 1. The number of aliphatic hydroxyl groups excluding tert-OH is 1. The normalized spacial score (nSPS) is 28.9. The summed E-state index contributed by atoms with van der Waals surface area (Å²) < 4.78 is 5.38. The van der Waals surface area contributed by atoms with Crippen LogP contribution in [0.2, 0.25) is 0 Å². The van der Waals surface area contributed by atoms with Gasteiger partial charge in [0.25, 0.3) is 0 Å². The number of ether oxygens (including phenoxy) is 1. The van der Waals surface area contributed by atoms with Gasteiger partial charge in [-0.2, -0.15) is 0 Å². The van der Waals surface area contributed by atoms with Gasteiger partial charge in [-0.3, -0.25) is 4.90 Å². The highest BCUT2D eigenvalue weighted by Gasteiger charge is 2.35.